The summed E-state index contributed by atoms with van der Waals surface area (Å²) in [6, 6.07) is 0. The molecule has 0 spiro atoms. The number of carboxylic acid groups (broad SMARTS) is 1. The largest absolute Gasteiger partial charge is 0.478 e. The van der Waals surface area contributed by atoms with Gasteiger partial charge >= 0.3 is 17.9 Å². The molecule has 10 nitrogen and oxygen atoms in total. The van der Waals surface area contributed by atoms with Crippen LogP contribution in [0, 0.1) is 45.8 Å². The van der Waals surface area contributed by atoms with Gasteiger partial charge in [0.25, 0.3) is 0 Å². The van der Waals surface area contributed by atoms with E-state index in [9.17, 15) is 34.5 Å². The molecule has 4 saturated carbocycles. The highest BCUT2D eigenvalue weighted by Gasteiger charge is 2.74. The third-order valence-electron chi connectivity index (χ3n) is 12.7. The normalized spacial score (nSPS) is 41.8. The first kappa shape index (κ1) is 35.4. The third kappa shape index (κ3) is 6.06. The second-order valence-corrected chi connectivity index (χ2v) is 15.5. The van der Waals surface area contributed by atoms with E-state index < -0.39 is 58.6 Å². The van der Waals surface area contributed by atoms with E-state index >= 15 is 0 Å². The highest BCUT2D eigenvalue weighted by molar-refractivity contribution is 5.88. The van der Waals surface area contributed by atoms with Crippen LogP contribution in [0.3, 0.4) is 0 Å². The summed E-state index contributed by atoms with van der Waals surface area (Å²) in [5, 5.41) is 36.5. The van der Waals surface area contributed by atoms with E-state index in [1.54, 1.807) is 0 Å². The summed E-state index contributed by atoms with van der Waals surface area (Å²) in [6.07, 6.45) is 1.52. The predicted molar refractivity (Wildman–Crippen MR) is 167 cm³/mol. The summed E-state index contributed by atoms with van der Waals surface area (Å²) in [6.45, 7) is 14.8. The molecule has 0 aliphatic heterocycles. The fourth-order valence-electron chi connectivity index (χ4n) is 10.5. The molecule has 4 aliphatic rings. The van der Waals surface area contributed by atoms with Gasteiger partial charge in [0, 0.05) is 30.8 Å². The molecule has 1 amide bonds. The summed E-state index contributed by atoms with van der Waals surface area (Å²) in [5.74, 6) is -2.97. The average Bonchev–Trinajstić information content (AvgIpc) is 3.22. The molecule has 4 fully saturated rings. The van der Waals surface area contributed by atoms with Gasteiger partial charge in [0.05, 0.1) is 12.2 Å². The summed E-state index contributed by atoms with van der Waals surface area (Å²) < 4.78 is 12.0. The van der Waals surface area contributed by atoms with Crippen molar-refractivity contribution in [3.63, 3.8) is 0 Å². The fraction of sp³-hybridized carbons (Fsp3) is 0.829. The van der Waals surface area contributed by atoms with E-state index in [4.69, 9.17) is 9.47 Å². The lowest BCUT2D eigenvalue weighted by Gasteiger charge is -2.70. The average molecular weight is 634 g/mol. The number of nitrogens with one attached hydrogen (secondary N) is 1. The van der Waals surface area contributed by atoms with Crippen LogP contribution in [0.1, 0.15) is 107 Å². The van der Waals surface area contributed by atoms with Crippen LogP contribution in [0.15, 0.2) is 11.1 Å². The maximum absolute atomic E-state index is 13.1. The molecule has 0 heterocycles. The Balaban J connectivity index is 1.85. The molecule has 0 aromatic heterocycles. The van der Waals surface area contributed by atoms with E-state index in [0.29, 0.717) is 62.0 Å². The van der Waals surface area contributed by atoms with Gasteiger partial charge in [0.1, 0.15) is 18.8 Å². The topological polar surface area (TPSA) is 159 Å². The molecule has 0 radical (unpaired) electrons. The first-order chi connectivity index (χ1) is 20.9. The zero-order valence-electron chi connectivity index (χ0n) is 28.4. The number of ether oxygens (including phenoxy) is 2. The zero-order chi connectivity index (χ0) is 33.6. The number of hydrogen-bond donors (Lipinski definition) is 4. The van der Waals surface area contributed by atoms with Crippen molar-refractivity contribution in [2.75, 3.05) is 6.54 Å². The van der Waals surface area contributed by atoms with Crippen LogP contribution >= 0.6 is 0 Å². The van der Waals surface area contributed by atoms with Gasteiger partial charge in [0.15, 0.2) is 0 Å². The van der Waals surface area contributed by atoms with E-state index in [-0.39, 0.29) is 36.1 Å². The standard InChI is InChI=1S/C35H55NO9/c1-18(2)10-9-11-22(32(42)43)28-23-12-13-26-33(6)15-14-24(39)19(3)29(33)30(45-27(40)17-36-20(4)37)31(41)35(26,8)34(23,7)16-25(28)44-21(5)38/h18-19,23-26,29-31,39,41H,9-17H2,1-8H3,(H,36,37)(H,42,43)/b28-22-. The highest BCUT2D eigenvalue weighted by Crippen LogP contribution is 2.74. The van der Waals surface area contributed by atoms with Crippen molar-refractivity contribution in [1.29, 1.82) is 0 Å². The molecular weight excluding hydrogens is 578 g/mol. The Bertz CT molecular complexity index is 1210. The molecule has 4 rings (SSSR count). The summed E-state index contributed by atoms with van der Waals surface area (Å²) in [7, 11) is 0. The van der Waals surface area contributed by atoms with Crippen molar-refractivity contribution in [2.24, 2.45) is 45.8 Å². The van der Waals surface area contributed by atoms with E-state index in [0.717, 1.165) is 6.42 Å². The van der Waals surface area contributed by atoms with Crippen molar-refractivity contribution in [2.45, 2.75) is 131 Å². The maximum Gasteiger partial charge on any atom is 0.331 e. The Morgan fingerprint density at radius 3 is 2.27 bits per heavy atom. The second-order valence-electron chi connectivity index (χ2n) is 15.5. The first-order valence-electron chi connectivity index (χ1n) is 16.8. The highest BCUT2D eigenvalue weighted by atomic mass is 16.6. The Kier molecular flexibility index (Phi) is 10.2. The number of esters is 2. The smallest absolute Gasteiger partial charge is 0.331 e. The van der Waals surface area contributed by atoms with Crippen molar-refractivity contribution in [1.82, 2.24) is 5.32 Å². The van der Waals surface area contributed by atoms with Crippen LogP contribution in [0.2, 0.25) is 0 Å². The van der Waals surface area contributed by atoms with Crippen LogP contribution in [-0.4, -0.2) is 70.1 Å². The van der Waals surface area contributed by atoms with Gasteiger partial charge in [-0.3, -0.25) is 14.4 Å². The number of carboxylic acids is 1. The molecular formula is C35H55NO9. The van der Waals surface area contributed by atoms with Gasteiger partial charge in [-0.05, 0) is 85.0 Å². The number of rotatable bonds is 9. The number of carbonyl (C=O) groups excluding carboxylic acids is 3. The van der Waals surface area contributed by atoms with Crippen molar-refractivity contribution in [3.8, 4) is 0 Å². The van der Waals surface area contributed by atoms with Crippen molar-refractivity contribution < 1.29 is 44.0 Å². The molecule has 11 atom stereocenters. The van der Waals surface area contributed by atoms with Crippen LogP contribution in [0.25, 0.3) is 0 Å². The van der Waals surface area contributed by atoms with Crippen LogP contribution < -0.4 is 5.32 Å². The number of aliphatic hydroxyl groups excluding tert-OH is 2. The van der Waals surface area contributed by atoms with Gasteiger partial charge in [0.2, 0.25) is 5.91 Å². The summed E-state index contributed by atoms with van der Waals surface area (Å²) >= 11 is 0. The van der Waals surface area contributed by atoms with Crippen LogP contribution in [-0.2, 0) is 28.7 Å². The minimum Gasteiger partial charge on any atom is -0.478 e. The molecule has 0 bridgehead atoms. The quantitative estimate of drug-likeness (QED) is 0.213. The van der Waals surface area contributed by atoms with E-state index in [1.165, 1.54) is 13.8 Å². The van der Waals surface area contributed by atoms with Gasteiger partial charge in [-0.2, -0.15) is 0 Å². The van der Waals surface area contributed by atoms with Gasteiger partial charge in [-0.15, -0.1) is 0 Å². The molecule has 4 N–H and O–H groups in total. The Hall–Kier alpha value is -2.46. The minimum absolute atomic E-state index is 0.0296. The first-order valence-corrected chi connectivity index (χ1v) is 16.8. The number of aliphatic carboxylic acids is 1. The molecule has 0 saturated heterocycles. The van der Waals surface area contributed by atoms with Gasteiger partial charge in [-0.1, -0.05) is 48.0 Å². The molecule has 45 heavy (non-hydrogen) atoms. The molecule has 11 unspecified atom stereocenters. The monoisotopic (exact) mass is 633 g/mol. The van der Waals surface area contributed by atoms with Gasteiger partial charge in [-0.25, -0.2) is 4.79 Å². The molecule has 0 aromatic rings. The maximum atomic E-state index is 13.1. The Labute approximate surface area is 267 Å². The van der Waals surface area contributed by atoms with Crippen molar-refractivity contribution >= 4 is 23.8 Å². The van der Waals surface area contributed by atoms with Crippen LogP contribution in [0.5, 0.6) is 0 Å². The summed E-state index contributed by atoms with van der Waals surface area (Å²) in [5.41, 5.74) is -0.992. The fourth-order valence-corrected chi connectivity index (χ4v) is 10.5. The molecule has 254 valence electrons. The van der Waals surface area contributed by atoms with E-state index in [2.05, 4.69) is 33.0 Å². The summed E-state index contributed by atoms with van der Waals surface area (Å²) in [4.78, 5) is 49.9. The van der Waals surface area contributed by atoms with Crippen LogP contribution in [0.4, 0.5) is 0 Å². The predicted octanol–water partition coefficient (Wildman–Crippen LogP) is 4.40. The lowest BCUT2D eigenvalue weighted by Crippen LogP contribution is -2.72. The SMILES string of the molecule is CC(=O)NCC(=O)OC1C2C(C)C(O)CCC2(C)C2CCC3/C(=C(\CCCC(C)C)C(=O)O)C(OC(C)=O)CC3(C)C2(C)C1O. The zero-order valence-corrected chi connectivity index (χ0v) is 28.4. The molecule has 4 aliphatic carbocycles. The number of carbonyl (C=O) groups is 4. The number of hydrogen-bond acceptors (Lipinski definition) is 8. The lowest BCUT2D eigenvalue weighted by molar-refractivity contribution is -0.288. The lowest BCUT2D eigenvalue weighted by atomic mass is 9.35. The molecule has 0 aromatic carbocycles. The minimum atomic E-state index is -1.14. The van der Waals surface area contributed by atoms with E-state index in [1.807, 2.05) is 13.8 Å². The number of aliphatic hydroxyl groups is 2. The Morgan fingerprint density at radius 2 is 1.69 bits per heavy atom. The number of amides is 1. The third-order valence-corrected chi connectivity index (χ3v) is 12.7. The van der Waals surface area contributed by atoms with Crippen molar-refractivity contribution in [3.05, 3.63) is 11.1 Å². The molecule has 10 heteroatoms. The van der Waals surface area contributed by atoms with Gasteiger partial charge < -0.3 is 30.1 Å². The number of fused-ring (bicyclic) bond motifs is 5. The Morgan fingerprint density at radius 1 is 1.02 bits per heavy atom. The second kappa shape index (κ2) is 13.0.